The lowest BCUT2D eigenvalue weighted by Gasteiger charge is -2.23. The fraction of sp³-hybridized carbons (Fsp3) is 0.286. The Labute approximate surface area is 122 Å². The van der Waals surface area contributed by atoms with Crippen molar-refractivity contribution in [1.82, 2.24) is 4.90 Å². The third-order valence-corrected chi connectivity index (χ3v) is 3.61. The monoisotopic (exact) mass is 291 g/mol. The van der Waals surface area contributed by atoms with Gasteiger partial charge in [-0.15, -0.1) is 0 Å². The molecule has 0 aromatic heterocycles. The van der Waals surface area contributed by atoms with Crippen LogP contribution in [0.25, 0.3) is 5.57 Å². The zero-order valence-electron chi connectivity index (χ0n) is 11.0. The van der Waals surface area contributed by atoms with Gasteiger partial charge in [-0.2, -0.15) is 5.26 Å². The molecule has 2 rings (SSSR count). The molecular formula is C14H14ClN3O2. The molecule has 20 heavy (non-hydrogen) atoms. The highest BCUT2D eigenvalue weighted by atomic mass is 35.5. The van der Waals surface area contributed by atoms with Crippen LogP contribution in [0.3, 0.4) is 0 Å². The van der Waals surface area contributed by atoms with E-state index in [9.17, 15) is 4.79 Å². The molecular weight excluding hydrogens is 278 g/mol. The number of nitrogens with one attached hydrogen (secondary N) is 1. The Kier molecular flexibility index (Phi) is 4.28. The number of hydrogen-bond acceptors (Lipinski definition) is 3. The van der Waals surface area contributed by atoms with Gasteiger partial charge in [-0.25, -0.2) is 4.79 Å². The summed E-state index contributed by atoms with van der Waals surface area (Å²) in [6.45, 7) is 1.71. The topological polar surface area (TPSA) is 76.4 Å². The van der Waals surface area contributed by atoms with Crippen molar-refractivity contribution in [2.45, 2.75) is 6.42 Å². The van der Waals surface area contributed by atoms with Gasteiger partial charge < -0.3 is 10.0 Å². The van der Waals surface area contributed by atoms with Crippen LogP contribution < -0.4 is 5.32 Å². The number of rotatable bonds is 2. The normalized spacial score (nSPS) is 15.3. The van der Waals surface area contributed by atoms with Gasteiger partial charge in [-0.3, -0.25) is 5.32 Å². The number of benzene rings is 1. The van der Waals surface area contributed by atoms with Crippen molar-refractivity contribution in [2.75, 3.05) is 25.5 Å². The van der Waals surface area contributed by atoms with E-state index in [4.69, 9.17) is 22.0 Å². The van der Waals surface area contributed by atoms with Crippen molar-refractivity contribution in [2.24, 2.45) is 0 Å². The molecule has 1 aliphatic rings. The van der Waals surface area contributed by atoms with Crippen LogP contribution in [0.1, 0.15) is 17.5 Å². The third-order valence-electron chi connectivity index (χ3n) is 3.20. The number of carbonyl (C=O) groups is 1. The van der Waals surface area contributed by atoms with E-state index in [1.54, 1.807) is 6.07 Å². The first-order chi connectivity index (χ1) is 9.51. The maximum atomic E-state index is 10.8. The summed E-state index contributed by atoms with van der Waals surface area (Å²) in [5.41, 5.74) is 2.39. The van der Waals surface area contributed by atoms with E-state index in [-0.39, 0.29) is 5.69 Å². The number of halogens is 1. The first kappa shape index (κ1) is 14.4. The van der Waals surface area contributed by atoms with E-state index in [1.165, 1.54) is 6.07 Å². The van der Waals surface area contributed by atoms with Crippen molar-refractivity contribution < 1.29 is 9.90 Å². The van der Waals surface area contributed by atoms with Crippen LogP contribution >= 0.6 is 11.6 Å². The van der Waals surface area contributed by atoms with E-state index in [0.29, 0.717) is 10.6 Å². The molecule has 1 amide bonds. The second-order valence-corrected chi connectivity index (χ2v) is 5.05. The van der Waals surface area contributed by atoms with Crippen LogP contribution in [0.15, 0.2) is 18.2 Å². The maximum Gasteiger partial charge on any atom is 0.409 e. The molecule has 0 unspecified atom stereocenters. The highest BCUT2D eigenvalue weighted by Crippen LogP contribution is 2.34. The van der Waals surface area contributed by atoms with Gasteiger partial charge in [0.15, 0.2) is 0 Å². The highest BCUT2D eigenvalue weighted by molar-refractivity contribution is 6.35. The van der Waals surface area contributed by atoms with Crippen LogP contribution in [0.2, 0.25) is 5.02 Å². The van der Waals surface area contributed by atoms with E-state index >= 15 is 0 Å². The van der Waals surface area contributed by atoms with Crippen LogP contribution in [-0.2, 0) is 0 Å². The van der Waals surface area contributed by atoms with Gasteiger partial charge in [-0.05, 0) is 36.7 Å². The molecule has 0 atom stereocenters. The van der Waals surface area contributed by atoms with Gasteiger partial charge in [0, 0.05) is 13.1 Å². The Balaban J connectivity index is 2.47. The molecule has 1 aromatic rings. The Hall–Kier alpha value is -2.03. The molecule has 0 saturated heterocycles. The Morgan fingerprint density at radius 3 is 2.85 bits per heavy atom. The van der Waals surface area contributed by atoms with E-state index in [2.05, 4.69) is 16.3 Å². The molecule has 1 heterocycles. The first-order valence-corrected chi connectivity index (χ1v) is 6.50. The summed E-state index contributed by atoms with van der Waals surface area (Å²) in [4.78, 5) is 12.9. The lowest BCUT2D eigenvalue weighted by molar-refractivity contribution is 0.210. The molecule has 0 saturated carbocycles. The number of likely N-dealkylation sites (N-methyl/N-ethyl adjacent to an activating group) is 1. The minimum Gasteiger partial charge on any atom is -0.465 e. The molecule has 0 aliphatic carbocycles. The van der Waals surface area contributed by atoms with Gasteiger partial charge >= 0.3 is 6.09 Å². The fourth-order valence-corrected chi connectivity index (χ4v) is 2.42. The van der Waals surface area contributed by atoms with E-state index in [1.807, 2.05) is 13.1 Å². The average molecular weight is 292 g/mol. The summed E-state index contributed by atoms with van der Waals surface area (Å²) in [6, 6.07) is 5.17. The Morgan fingerprint density at radius 2 is 2.30 bits per heavy atom. The van der Waals surface area contributed by atoms with Crippen LogP contribution in [0, 0.1) is 11.3 Å². The van der Waals surface area contributed by atoms with Gasteiger partial charge in [0.25, 0.3) is 0 Å². The lowest BCUT2D eigenvalue weighted by Crippen LogP contribution is -2.23. The number of hydrogen-bond donors (Lipinski definition) is 2. The number of anilines is 1. The molecule has 104 valence electrons. The summed E-state index contributed by atoms with van der Waals surface area (Å²) in [7, 11) is 2.03. The van der Waals surface area contributed by atoms with Gasteiger partial charge in [0.05, 0.1) is 22.3 Å². The SMILES string of the molecule is CN1CC=C(c2cc(C#N)cc(NC(=O)O)c2Cl)CC1. The second kappa shape index (κ2) is 5.95. The summed E-state index contributed by atoms with van der Waals surface area (Å²) in [5.74, 6) is 0. The standard InChI is InChI=1S/C14H14ClN3O2/c1-18-4-2-10(3-5-18)11-6-9(8-16)7-12(13(11)15)17-14(19)20/h2,6-7,17H,3-5H2,1H3,(H,19,20). The van der Waals surface area contributed by atoms with Gasteiger partial charge in [0.2, 0.25) is 0 Å². The zero-order valence-corrected chi connectivity index (χ0v) is 11.7. The van der Waals surface area contributed by atoms with Crippen LogP contribution in [0.5, 0.6) is 0 Å². The molecule has 5 nitrogen and oxygen atoms in total. The predicted octanol–water partition coefficient (Wildman–Crippen LogP) is 3.02. The molecule has 1 aromatic carbocycles. The molecule has 0 radical (unpaired) electrons. The molecule has 1 aliphatic heterocycles. The van der Waals surface area contributed by atoms with Gasteiger partial charge in [-0.1, -0.05) is 17.7 Å². The van der Waals surface area contributed by atoms with Crippen molar-refractivity contribution in [1.29, 1.82) is 5.26 Å². The van der Waals surface area contributed by atoms with Crippen molar-refractivity contribution in [3.8, 4) is 6.07 Å². The highest BCUT2D eigenvalue weighted by Gasteiger charge is 2.17. The first-order valence-electron chi connectivity index (χ1n) is 6.13. The summed E-state index contributed by atoms with van der Waals surface area (Å²) in [5, 5.41) is 20.4. The fourth-order valence-electron chi connectivity index (χ4n) is 2.14. The third kappa shape index (κ3) is 3.10. The summed E-state index contributed by atoms with van der Waals surface area (Å²) >= 11 is 6.26. The number of carboxylic acid groups (broad SMARTS) is 1. The average Bonchev–Trinajstić information content (AvgIpc) is 2.41. The summed E-state index contributed by atoms with van der Waals surface area (Å²) < 4.78 is 0. The van der Waals surface area contributed by atoms with Crippen LogP contribution in [0.4, 0.5) is 10.5 Å². The molecule has 0 spiro atoms. The minimum absolute atomic E-state index is 0.244. The molecule has 0 bridgehead atoms. The van der Waals surface area contributed by atoms with Crippen LogP contribution in [-0.4, -0.2) is 36.2 Å². The molecule has 2 N–H and O–H groups in total. The van der Waals surface area contributed by atoms with Gasteiger partial charge in [0.1, 0.15) is 0 Å². The lowest BCUT2D eigenvalue weighted by atomic mass is 9.97. The number of nitriles is 1. The molecule has 0 fully saturated rings. The van der Waals surface area contributed by atoms with Crippen molar-refractivity contribution in [3.63, 3.8) is 0 Å². The minimum atomic E-state index is -1.20. The smallest absolute Gasteiger partial charge is 0.409 e. The second-order valence-electron chi connectivity index (χ2n) is 4.67. The number of nitrogens with zero attached hydrogens (tertiary/aromatic N) is 2. The Morgan fingerprint density at radius 1 is 1.55 bits per heavy atom. The van der Waals surface area contributed by atoms with Crippen molar-refractivity contribution >= 4 is 29.0 Å². The maximum absolute atomic E-state index is 10.8. The zero-order chi connectivity index (χ0) is 14.7. The largest absolute Gasteiger partial charge is 0.465 e. The van der Waals surface area contributed by atoms with Crippen molar-refractivity contribution in [3.05, 3.63) is 34.4 Å². The quantitative estimate of drug-likeness (QED) is 0.878. The van der Waals surface area contributed by atoms with E-state index in [0.717, 1.165) is 30.6 Å². The Bertz CT molecular complexity index is 620. The summed E-state index contributed by atoms with van der Waals surface area (Å²) in [6.07, 6.45) is 1.67. The predicted molar refractivity (Wildman–Crippen MR) is 77.9 cm³/mol. The number of amides is 1. The van der Waals surface area contributed by atoms with E-state index < -0.39 is 6.09 Å². The molecule has 6 heteroatoms.